The number of rotatable bonds is 58. The van der Waals surface area contributed by atoms with E-state index in [1.807, 2.05) is 34.8 Å². The Morgan fingerprint density at radius 3 is 0.832 bits per heavy atom. The first kappa shape index (κ1) is 115. The number of nitrogens with zero attached hydrogens (tertiary/aromatic N) is 14. The molecular weight excluding hydrogens is 1890 g/mol. The quantitative estimate of drug-likeness (QED) is 0.0158. The zero-order valence-electron chi connectivity index (χ0n) is 80.4. The van der Waals surface area contributed by atoms with Gasteiger partial charge in [-0.3, -0.25) is 163 Å². The average Bonchev–Trinajstić information content (AvgIpc) is 0.867. The molecule has 0 unspecified atom stereocenters. The molecule has 0 saturated carbocycles. The van der Waals surface area contributed by atoms with Gasteiger partial charge in [0.1, 0.15) is 56.7 Å². The highest BCUT2D eigenvalue weighted by molar-refractivity contribution is 5.95. The van der Waals surface area contributed by atoms with Gasteiger partial charge in [-0.2, -0.15) is 0 Å². The summed E-state index contributed by atoms with van der Waals surface area (Å²) in [4.78, 5) is 395. The first-order chi connectivity index (χ1) is 67.5. The van der Waals surface area contributed by atoms with Crippen LogP contribution in [0.5, 0.6) is 0 Å². The minimum absolute atomic E-state index is 0.00903. The van der Waals surface area contributed by atoms with E-state index in [2.05, 4.69) is 47.9 Å². The van der Waals surface area contributed by atoms with Crippen molar-refractivity contribution in [3.05, 3.63) is 196 Å². The maximum absolute atomic E-state index is 14.7. The van der Waals surface area contributed by atoms with Crippen LogP contribution in [0.2, 0.25) is 0 Å². The van der Waals surface area contributed by atoms with E-state index in [9.17, 15) is 134 Å². The van der Waals surface area contributed by atoms with Gasteiger partial charge in [-0.25, -0.2) is 28.8 Å². The van der Waals surface area contributed by atoms with Crippen molar-refractivity contribution in [1.29, 1.82) is 0 Å². The molecule has 59 nitrogen and oxygen atoms in total. The van der Waals surface area contributed by atoms with E-state index in [1.165, 1.54) is 34.6 Å². The number of aryl methyl sites for hydroxylation is 4. The highest BCUT2D eigenvalue weighted by Crippen LogP contribution is 2.07. The first-order valence-corrected chi connectivity index (χ1v) is 44.8. The molecule has 0 aromatic carbocycles. The summed E-state index contributed by atoms with van der Waals surface area (Å²) in [7, 11) is 7.10. The van der Waals surface area contributed by atoms with Gasteiger partial charge in [-0.1, -0.05) is 0 Å². The molecule has 0 fully saturated rings. The van der Waals surface area contributed by atoms with Gasteiger partial charge in [-0.05, 0) is 108 Å². The van der Waals surface area contributed by atoms with E-state index in [0.717, 1.165) is 84.6 Å². The Morgan fingerprint density at radius 2 is 0.580 bits per heavy atom. The minimum atomic E-state index is -1.28. The van der Waals surface area contributed by atoms with Crippen LogP contribution in [-0.2, 0) is 106 Å². The number of carbonyl (C=O) groups is 16. The van der Waals surface area contributed by atoms with E-state index < -0.39 is 323 Å². The van der Waals surface area contributed by atoms with Gasteiger partial charge in [0.05, 0.1) is 39.3 Å². The number of aromatic nitrogens is 12. The molecule has 0 spiro atoms. The van der Waals surface area contributed by atoms with Crippen LogP contribution in [-0.4, -0.2) is 376 Å². The van der Waals surface area contributed by atoms with Crippen LogP contribution in [0.3, 0.4) is 0 Å². The van der Waals surface area contributed by atoms with Crippen molar-refractivity contribution in [3.63, 3.8) is 0 Å². The number of aromatic amines is 6. The largest absolute Gasteiger partial charge is 0.368 e. The molecular formula is C84H121N31O28. The van der Waals surface area contributed by atoms with Crippen molar-refractivity contribution in [2.24, 2.45) is 11.5 Å². The zero-order valence-corrected chi connectivity index (χ0v) is 80.4. The number of hydrogen-bond acceptors (Lipinski definition) is 31. The Balaban J connectivity index is 1.25. The summed E-state index contributed by atoms with van der Waals surface area (Å²) in [5, 5.41) is 22.4. The van der Waals surface area contributed by atoms with Gasteiger partial charge in [0.2, 0.25) is 82.7 Å². The monoisotopic (exact) mass is 2010 g/mol. The number of amides is 16. The molecule has 0 aliphatic carbocycles. The van der Waals surface area contributed by atoms with Crippen LogP contribution >= 0.6 is 0 Å². The maximum Gasteiger partial charge on any atom is 0.329 e. The summed E-state index contributed by atoms with van der Waals surface area (Å²) in [6, 6.07) is 0.302. The zero-order chi connectivity index (χ0) is 106. The van der Waals surface area contributed by atoms with Crippen LogP contribution < -0.4 is 127 Å². The maximum atomic E-state index is 14.7. The fourth-order valence-electron chi connectivity index (χ4n) is 13.6. The van der Waals surface area contributed by atoms with Crippen molar-refractivity contribution < 1.29 is 76.7 Å². The second kappa shape index (κ2) is 56.5. The molecule has 6 heterocycles. The number of carbonyl (C=O) groups excluding carboxylic acids is 16. The van der Waals surface area contributed by atoms with Crippen LogP contribution in [0.4, 0.5) is 0 Å². The molecule has 59 heteroatoms. The fourth-order valence-corrected chi connectivity index (χ4v) is 13.6. The van der Waals surface area contributed by atoms with E-state index >= 15 is 0 Å². The van der Waals surface area contributed by atoms with Gasteiger partial charge in [-0.15, -0.1) is 0 Å². The Hall–Kier alpha value is -16.5. The smallest absolute Gasteiger partial charge is 0.329 e. The summed E-state index contributed by atoms with van der Waals surface area (Å²) in [5.74, 6) is -15.4. The van der Waals surface area contributed by atoms with E-state index in [0.29, 0.717) is 47.9 Å². The summed E-state index contributed by atoms with van der Waals surface area (Å²) in [5.41, 5.74) is -1.88. The third-order valence-electron chi connectivity index (χ3n) is 21.3. The van der Waals surface area contributed by atoms with Crippen molar-refractivity contribution in [3.8, 4) is 0 Å². The highest BCUT2D eigenvalue weighted by Gasteiger charge is 2.31. The molecule has 6 aromatic heterocycles. The molecule has 1 atom stereocenters. The van der Waals surface area contributed by atoms with Crippen molar-refractivity contribution in [1.82, 2.24) is 144 Å². The summed E-state index contributed by atoms with van der Waals surface area (Å²) < 4.78 is 4.46. The third-order valence-corrected chi connectivity index (χ3v) is 21.3. The normalized spacial score (nSPS) is 11.2. The van der Waals surface area contributed by atoms with Crippen LogP contribution in [0, 0.1) is 27.7 Å². The van der Waals surface area contributed by atoms with Crippen molar-refractivity contribution in [2.45, 2.75) is 112 Å². The van der Waals surface area contributed by atoms with Gasteiger partial charge in [0, 0.05) is 158 Å². The number of unbranched alkanes of at least 4 members (excludes halogenated alkanes) is 1. The van der Waals surface area contributed by atoms with Gasteiger partial charge < -0.3 is 98.5 Å². The summed E-state index contributed by atoms with van der Waals surface area (Å²) in [6.07, 6.45) is 5.92. The molecule has 6 aromatic rings. The first-order valence-electron chi connectivity index (χ1n) is 44.8. The number of nitrogens with one attached hydrogen (secondary N) is 15. The molecule has 0 aliphatic heterocycles. The Morgan fingerprint density at radius 1 is 0.322 bits per heavy atom. The van der Waals surface area contributed by atoms with Crippen LogP contribution in [0.1, 0.15) is 82.3 Å². The number of nitrogens with two attached hydrogens (primary N) is 2. The SMILES string of the molecule is CC(=O)NCCN(CC(=O)NCCN(CC(=O)NCCN(CC(=O)NCCN(CC(=O)NCCN(CC(=O)NCCN(CC(=O)N[C@@H](CCCCN)C(N)=O)C(=O)Cn1cc(C)c(=O)[nH]c1=O)C(=O)Cn1cc(C)c(=O)[nH]c1=O)C(=O)Cn1c(C(=O)NCCCN(C)C)cc(=O)[nH]c1=O)C(=O)Cn1cc(C)c(=O)[nH]c1=O)C(=O)Cn1cc(C)c(=O)[nH]c1=O)C(=O)Cn1c(C(=O)NCCCN(C)C)cc(=O)[nH]c1=O. The lowest BCUT2D eigenvalue weighted by Crippen LogP contribution is -2.51. The molecule has 780 valence electrons. The molecule has 0 bridgehead atoms. The second-order valence-electron chi connectivity index (χ2n) is 33.4. The predicted octanol–water partition coefficient (Wildman–Crippen LogP) is -15.3. The molecule has 0 radical (unpaired) electrons. The lowest BCUT2D eigenvalue weighted by Gasteiger charge is -2.26. The molecule has 0 aliphatic rings. The Kier molecular flexibility index (Phi) is 45.5. The highest BCUT2D eigenvalue weighted by atomic mass is 16.2. The number of hydrogen-bond donors (Lipinski definition) is 17. The Bertz CT molecular complexity index is 6440. The van der Waals surface area contributed by atoms with Gasteiger partial charge in [0.15, 0.2) is 0 Å². The van der Waals surface area contributed by atoms with Gasteiger partial charge >= 0.3 is 34.1 Å². The number of H-pyrrole nitrogens is 6. The second-order valence-corrected chi connectivity index (χ2v) is 33.4. The summed E-state index contributed by atoms with van der Waals surface area (Å²) >= 11 is 0. The predicted molar refractivity (Wildman–Crippen MR) is 505 cm³/mol. The van der Waals surface area contributed by atoms with Crippen LogP contribution in [0.15, 0.2) is 94.5 Å². The molecule has 16 amide bonds. The fraction of sp³-hybridized carbons (Fsp3) is 0.524. The lowest BCUT2D eigenvalue weighted by atomic mass is 10.1. The molecule has 6 rings (SSSR count). The van der Waals surface area contributed by atoms with Gasteiger partial charge in [0.25, 0.3) is 45.2 Å². The standard InChI is InChI=1S/C84H121N31O28/c1-50-34-110(79(138)98-73(50)132)44-66(125)104(27-19-88-60(119)38-105(67(126)45-111-35-51(2)74(133)99-80(111)139)28-20-89-63(122)41-107(26-18-87-54(5)116)70(129)48-114-56(32-58(117)96-83(114)142)77(136)93-16-12-24-102(6)7)39-61(120)91-22-30-108(71(130)49-115-57(33-59(118)97-84(115)143)78(137)94-17-13-25-103(8)9)42-64(123)90-21-29-106(68(127)46-112-36-52(3)75(134)100-81(112)140)40-62(121)92-23-31-109(43-65(124)95-55(72(86)131)14-10-11-15-85)69(128)47-113-37-53(4)76(135)101-82(113)141/h32-37,55H,10-31,38-49,85H2,1-9H3,(H2,86,131)(H,87,116)(H,88,119)(H,89,122)(H,90,123)(H,91,120)(H,92,121)(H,93,136)(H,94,137)(H,95,124)(H,96,117,142)(H,97,118,143)(H,98,132,138)(H,99,133,139)(H,100,134,140)(H,101,135,141)/t55-/m0/s1. The Labute approximate surface area is 810 Å². The minimum Gasteiger partial charge on any atom is -0.368 e. The summed E-state index contributed by atoms with van der Waals surface area (Å²) in [6.45, 7) is -9.34. The lowest BCUT2D eigenvalue weighted by molar-refractivity contribution is -0.138. The topological polar surface area (TPSA) is 789 Å². The average molecular weight is 2010 g/mol. The van der Waals surface area contributed by atoms with E-state index in [-0.39, 0.29) is 61.4 Å². The van der Waals surface area contributed by atoms with Crippen molar-refractivity contribution in [2.75, 3.05) is 179 Å². The van der Waals surface area contributed by atoms with Crippen LogP contribution in [0.25, 0.3) is 0 Å². The third kappa shape index (κ3) is 38.7. The van der Waals surface area contributed by atoms with E-state index in [1.54, 1.807) is 33.1 Å². The molecule has 19 N–H and O–H groups in total. The van der Waals surface area contributed by atoms with E-state index in [4.69, 9.17) is 11.5 Å². The number of primary amides is 1. The molecule has 0 saturated heterocycles. The van der Waals surface area contributed by atoms with Crippen molar-refractivity contribution >= 4 is 94.5 Å². The molecule has 143 heavy (non-hydrogen) atoms.